The molecule has 1 aliphatic heterocycles. The van der Waals surface area contributed by atoms with Crippen LogP contribution in [-0.2, 0) is 47.9 Å². The van der Waals surface area contributed by atoms with Gasteiger partial charge in [-0.3, -0.25) is 48.1 Å². The number of nitrogens with zero attached hydrogens (tertiary/aromatic N) is 2. The molecule has 27 nitrogen and oxygen atoms in total. The van der Waals surface area contributed by atoms with Crippen molar-refractivity contribution < 1.29 is 63.3 Å². The van der Waals surface area contributed by atoms with E-state index in [-0.39, 0.29) is 51.3 Å². The molecular weight excluding hydrogens is 848 g/mol. The maximum atomic E-state index is 13.9. The van der Waals surface area contributed by atoms with E-state index >= 15 is 0 Å². The number of amides is 9. The van der Waals surface area contributed by atoms with E-state index in [9.17, 15) is 63.3 Å². The van der Waals surface area contributed by atoms with Crippen molar-refractivity contribution >= 4 is 65.1 Å². The number of hydrogen-bond acceptors (Lipinski definition) is 15. The quantitative estimate of drug-likeness (QED) is 0.0188. The number of carbonyl (C=O) groups is 10. The lowest BCUT2D eigenvalue weighted by atomic mass is 10.0. The van der Waals surface area contributed by atoms with Crippen molar-refractivity contribution in [3.05, 3.63) is 0 Å². The van der Waals surface area contributed by atoms with E-state index in [0.29, 0.717) is 19.3 Å². The lowest BCUT2D eigenvalue weighted by molar-refractivity contribution is -0.144. The van der Waals surface area contributed by atoms with Gasteiger partial charge in [0.05, 0.1) is 26.2 Å². The van der Waals surface area contributed by atoms with Crippen molar-refractivity contribution in [2.75, 3.05) is 39.4 Å². The number of aliphatic imine (C=N–C) groups is 1. The number of carboxylic acid groups (broad SMARTS) is 1. The molecule has 1 aliphatic rings. The van der Waals surface area contributed by atoms with Gasteiger partial charge in [0.15, 0.2) is 5.96 Å². The van der Waals surface area contributed by atoms with Crippen LogP contribution in [0.15, 0.2) is 4.99 Å². The van der Waals surface area contributed by atoms with Crippen molar-refractivity contribution in [3.8, 4) is 0 Å². The van der Waals surface area contributed by atoms with Crippen molar-refractivity contribution in [2.45, 2.75) is 120 Å². The molecule has 0 saturated carbocycles. The number of carbonyl (C=O) groups excluding carboxylic acids is 9. The first-order valence-electron chi connectivity index (χ1n) is 20.7. The number of rotatable bonds is 29. The Morgan fingerprint density at radius 2 is 1.34 bits per heavy atom. The monoisotopic (exact) mass is 914 g/mol. The second-order valence-corrected chi connectivity index (χ2v) is 15.4. The molecule has 0 aromatic carbocycles. The predicted molar refractivity (Wildman–Crippen MR) is 226 cm³/mol. The van der Waals surface area contributed by atoms with Crippen LogP contribution in [0.25, 0.3) is 0 Å². The van der Waals surface area contributed by atoms with Gasteiger partial charge in [-0.1, -0.05) is 13.8 Å². The van der Waals surface area contributed by atoms with Crippen LogP contribution in [0.5, 0.6) is 0 Å². The molecule has 0 aromatic rings. The molecule has 9 amide bonds. The fraction of sp³-hybridized carbons (Fsp3) is 0.703. The summed E-state index contributed by atoms with van der Waals surface area (Å²) in [5, 5.41) is 45.1. The first kappa shape index (κ1) is 55.8. The summed E-state index contributed by atoms with van der Waals surface area (Å²) in [5.74, 6) is -9.98. The Hall–Kier alpha value is -6.19. The summed E-state index contributed by atoms with van der Waals surface area (Å²) in [6.45, 7) is 2.55. The summed E-state index contributed by atoms with van der Waals surface area (Å²) in [6.07, 6.45) is 1.04. The average molecular weight is 915 g/mol. The summed E-state index contributed by atoms with van der Waals surface area (Å²) in [6, 6.07) is -10.7. The molecule has 64 heavy (non-hydrogen) atoms. The minimum atomic E-state index is -1.65. The van der Waals surface area contributed by atoms with Gasteiger partial charge in [-0.05, 0) is 64.3 Å². The van der Waals surface area contributed by atoms with Crippen molar-refractivity contribution in [1.29, 1.82) is 0 Å². The normalized spacial score (nSPS) is 16.6. The minimum Gasteiger partial charge on any atom is -0.480 e. The van der Waals surface area contributed by atoms with Gasteiger partial charge in [0.1, 0.15) is 48.3 Å². The van der Waals surface area contributed by atoms with E-state index in [4.69, 9.17) is 28.7 Å². The summed E-state index contributed by atoms with van der Waals surface area (Å²) in [4.78, 5) is 133. The Morgan fingerprint density at radius 3 is 1.91 bits per heavy atom. The lowest BCUT2D eigenvalue weighted by Gasteiger charge is -2.31. The molecular formula is C37H66N14O13. The number of hydrogen-bond donors (Lipinski definition) is 15. The van der Waals surface area contributed by atoms with Crippen LogP contribution in [0.4, 0.5) is 0 Å². The third-order valence-corrected chi connectivity index (χ3v) is 9.79. The Labute approximate surface area is 369 Å². The number of carboxylic acids is 1. The van der Waals surface area contributed by atoms with Gasteiger partial charge in [0.25, 0.3) is 0 Å². The van der Waals surface area contributed by atoms with E-state index in [1.165, 1.54) is 11.8 Å². The Kier molecular flexibility index (Phi) is 24.9. The molecule has 1 heterocycles. The molecule has 20 N–H and O–H groups in total. The van der Waals surface area contributed by atoms with E-state index in [1.807, 2.05) is 0 Å². The number of unbranched alkanes of at least 4 members (excludes halogenated alkanes) is 1. The molecule has 1 saturated heterocycles. The van der Waals surface area contributed by atoms with E-state index in [2.05, 4.69) is 42.2 Å². The zero-order chi connectivity index (χ0) is 48.7. The smallest absolute Gasteiger partial charge is 0.326 e. The van der Waals surface area contributed by atoms with Crippen LogP contribution in [0, 0.1) is 5.92 Å². The second-order valence-electron chi connectivity index (χ2n) is 15.4. The van der Waals surface area contributed by atoms with Gasteiger partial charge in [-0.25, -0.2) is 4.79 Å². The Morgan fingerprint density at radius 1 is 0.719 bits per heavy atom. The molecule has 8 unspecified atom stereocenters. The zero-order valence-corrected chi connectivity index (χ0v) is 36.3. The first-order chi connectivity index (χ1) is 30.1. The number of aliphatic carboxylic acids is 1. The van der Waals surface area contributed by atoms with Gasteiger partial charge in [-0.2, -0.15) is 0 Å². The summed E-state index contributed by atoms with van der Waals surface area (Å²) in [7, 11) is 0. The molecule has 0 bridgehead atoms. The highest BCUT2D eigenvalue weighted by atomic mass is 16.4. The molecule has 8 atom stereocenters. The average Bonchev–Trinajstić information content (AvgIpc) is 3.73. The minimum absolute atomic E-state index is 0.00348. The second kappa shape index (κ2) is 28.5. The van der Waals surface area contributed by atoms with Crippen molar-refractivity contribution in [3.63, 3.8) is 0 Å². The van der Waals surface area contributed by atoms with Gasteiger partial charge >= 0.3 is 5.97 Å². The number of guanidine groups is 1. The van der Waals surface area contributed by atoms with Crippen LogP contribution >= 0.6 is 0 Å². The first-order valence-corrected chi connectivity index (χ1v) is 20.7. The molecule has 27 heteroatoms. The summed E-state index contributed by atoms with van der Waals surface area (Å²) >= 11 is 0. The van der Waals surface area contributed by atoms with Crippen LogP contribution in [0.3, 0.4) is 0 Å². The van der Waals surface area contributed by atoms with Crippen molar-refractivity contribution in [2.24, 2.45) is 39.6 Å². The molecule has 0 aromatic heterocycles. The number of aliphatic hydroxyl groups excluding tert-OH is 2. The lowest BCUT2D eigenvalue weighted by Crippen LogP contribution is -2.59. The maximum absolute atomic E-state index is 13.9. The highest BCUT2D eigenvalue weighted by molar-refractivity contribution is 5.98. The van der Waals surface area contributed by atoms with Gasteiger partial charge in [0, 0.05) is 13.1 Å². The van der Waals surface area contributed by atoms with Gasteiger partial charge in [-0.15, -0.1) is 0 Å². The van der Waals surface area contributed by atoms with Crippen LogP contribution in [-0.4, -0.2) is 173 Å². The van der Waals surface area contributed by atoms with E-state index in [1.54, 1.807) is 13.8 Å². The Balaban J connectivity index is 2.99. The fourth-order valence-corrected chi connectivity index (χ4v) is 6.24. The number of nitrogens with one attached hydrogen (secondary N) is 7. The van der Waals surface area contributed by atoms with Gasteiger partial charge in [0.2, 0.25) is 53.2 Å². The van der Waals surface area contributed by atoms with Crippen LogP contribution in [0.1, 0.15) is 72.1 Å². The molecule has 362 valence electrons. The maximum Gasteiger partial charge on any atom is 0.326 e. The standard InChI is InChI=1S/C37H66N14O13/c1-18(2)28(34(61)48-23(36(63)64)14-26(40)54)50-33(60)25-10-7-13-51(25)35(62)22(8-4-5-11-38)46-27(55)15-44-31(58)24(17-53)49-29(56)19(3)45-32(59)21(9-6-12-43-37(41)42)47-30(57)20(39)16-52/h18-25,28,52-53H,4-17,38-39H2,1-3H3,(H2,40,54)(H,44,58)(H,45,59)(H,46,55)(H,47,57)(H,48,61)(H,49,56)(H,50,60)(H,63,64)(H4,41,42,43). The Bertz CT molecular complexity index is 1680. The SMILES string of the molecule is CC(NC(=O)C(CCCN=C(N)N)NC(=O)C(N)CO)C(=O)NC(CO)C(=O)NCC(=O)NC(CCCCN)C(=O)N1CCCC1C(=O)NC(C(=O)NC(CC(N)=O)C(=O)O)C(C)C. The summed E-state index contributed by atoms with van der Waals surface area (Å²) < 4.78 is 0. The highest BCUT2D eigenvalue weighted by Crippen LogP contribution is 2.21. The molecule has 0 spiro atoms. The van der Waals surface area contributed by atoms with Crippen LogP contribution < -0.4 is 65.9 Å². The van der Waals surface area contributed by atoms with E-state index in [0.717, 1.165) is 0 Å². The largest absolute Gasteiger partial charge is 0.480 e. The third-order valence-electron chi connectivity index (χ3n) is 9.79. The number of aliphatic hydroxyl groups is 2. The van der Waals surface area contributed by atoms with E-state index < -0.39 is 140 Å². The third kappa shape index (κ3) is 19.5. The van der Waals surface area contributed by atoms with Gasteiger partial charge < -0.3 is 86.1 Å². The molecule has 1 fully saturated rings. The number of nitrogens with two attached hydrogens (primary N) is 5. The highest BCUT2D eigenvalue weighted by Gasteiger charge is 2.40. The topological polar surface area (TPSA) is 461 Å². The number of primary amides is 1. The fourth-order valence-electron chi connectivity index (χ4n) is 6.24. The summed E-state index contributed by atoms with van der Waals surface area (Å²) in [5.41, 5.74) is 26.9. The number of likely N-dealkylation sites (tertiary alicyclic amines) is 1. The zero-order valence-electron chi connectivity index (χ0n) is 36.3. The molecule has 0 aliphatic carbocycles. The van der Waals surface area contributed by atoms with Crippen molar-refractivity contribution in [1.82, 2.24) is 42.1 Å². The molecule has 0 radical (unpaired) electrons. The molecule has 1 rings (SSSR count). The predicted octanol–water partition coefficient (Wildman–Crippen LogP) is -7.87. The van der Waals surface area contributed by atoms with Crippen LogP contribution in [0.2, 0.25) is 0 Å².